The molecule has 1 rings (SSSR count). The zero-order valence-electron chi connectivity index (χ0n) is 6.97. The fourth-order valence-electron chi connectivity index (χ4n) is 0.879. The number of nitro groups is 1. The third-order valence-corrected chi connectivity index (χ3v) is 1.42. The molecule has 0 saturated carbocycles. The van der Waals surface area contributed by atoms with E-state index >= 15 is 0 Å². The standard InChI is InChI=1S/C9H9NO3/c1-2-7-13-9-6-4-3-5-8(9)10(11)12/h2-6H,1,7H2. The highest BCUT2D eigenvalue weighted by atomic mass is 16.6. The second-order valence-electron chi connectivity index (χ2n) is 2.32. The van der Waals surface area contributed by atoms with E-state index in [0.29, 0.717) is 0 Å². The lowest BCUT2D eigenvalue weighted by atomic mass is 10.3. The van der Waals surface area contributed by atoms with Gasteiger partial charge in [0.15, 0.2) is 5.75 Å². The van der Waals surface area contributed by atoms with Gasteiger partial charge in [0.2, 0.25) is 0 Å². The molecule has 0 heterocycles. The minimum atomic E-state index is -0.474. The first-order valence-corrected chi connectivity index (χ1v) is 3.73. The van der Waals surface area contributed by atoms with Gasteiger partial charge >= 0.3 is 5.69 Å². The first-order chi connectivity index (χ1) is 6.25. The number of hydrogen-bond acceptors (Lipinski definition) is 3. The van der Waals surface area contributed by atoms with Crippen LogP contribution in [0.4, 0.5) is 5.69 Å². The van der Waals surface area contributed by atoms with Crippen LogP contribution >= 0.6 is 0 Å². The van der Waals surface area contributed by atoms with E-state index in [9.17, 15) is 10.1 Å². The predicted molar refractivity (Wildman–Crippen MR) is 48.8 cm³/mol. The van der Waals surface area contributed by atoms with Gasteiger partial charge in [-0.1, -0.05) is 24.8 Å². The van der Waals surface area contributed by atoms with E-state index in [1.165, 1.54) is 12.1 Å². The van der Waals surface area contributed by atoms with Gasteiger partial charge in [-0.05, 0) is 6.07 Å². The van der Waals surface area contributed by atoms with Crippen LogP contribution in [0.25, 0.3) is 0 Å². The molecule has 0 saturated heterocycles. The number of para-hydroxylation sites is 2. The molecule has 0 bridgehead atoms. The summed E-state index contributed by atoms with van der Waals surface area (Å²) in [4.78, 5) is 10.0. The molecular weight excluding hydrogens is 170 g/mol. The maximum atomic E-state index is 10.5. The maximum Gasteiger partial charge on any atom is 0.310 e. The molecule has 0 amide bonds. The summed E-state index contributed by atoms with van der Waals surface area (Å²) in [5.74, 6) is 0.271. The van der Waals surface area contributed by atoms with Crippen LogP contribution in [0.2, 0.25) is 0 Å². The minimum Gasteiger partial charge on any atom is -0.483 e. The summed E-state index contributed by atoms with van der Waals surface area (Å²) in [7, 11) is 0. The van der Waals surface area contributed by atoms with Gasteiger partial charge in [-0.25, -0.2) is 0 Å². The highest BCUT2D eigenvalue weighted by molar-refractivity contribution is 5.45. The molecular formula is C9H9NO3. The van der Waals surface area contributed by atoms with E-state index in [1.54, 1.807) is 18.2 Å². The zero-order valence-corrected chi connectivity index (χ0v) is 6.97. The Labute approximate surface area is 75.6 Å². The van der Waals surface area contributed by atoms with E-state index in [1.807, 2.05) is 0 Å². The molecule has 0 aliphatic rings. The van der Waals surface area contributed by atoms with Gasteiger partial charge in [0.25, 0.3) is 0 Å². The van der Waals surface area contributed by atoms with Crippen molar-refractivity contribution in [2.75, 3.05) is 6.61 Å². The van der Waals surface area contributed by atoms with Crippen LogP contribution in [0.3, 0.4) is 0 Å². The Morgan fingerprint density at radius 1 is 1.54 bits per heavy atom. The monoisotopic (exact) mass is 179 g/mol. The maximum absolute atomic E-state index is 10.5. The molecule has 0 aromatic heterocycles. The Kier molecular flexibility index (Phi) is 3.03. The number of rotatable bonds is 4. The first kappa shape index (κ1) is 9.25. The Bertz CT molecular complexity index is 322. The van der Waals surface area contributed by atoms with Crippen LogP contribution < -0.4 is 4.74 Å². The van der Waals surface area contributed by atoms with E-state index < -0.39 is 4.92 Å². The average molecular weight is 179 g/mol. The fraction of sp³-hybridized carbons (Fsp3) is 0.111. The molecule has 1 aromatic rings. The quantitative estimate of drug-likeness (QED) is 0.404. The molecule has 0 fully saturated rings. The SMILES string of the molecule is C=CCOc1ccccc1[N+](=O)[O-]. The number of hydrogen-bond donors (Lipinski definition) is 0. The van der Waals surface area contributed by atoms with E-state index in [2.05, 4.69) is 6.58 Å². The average Bonchev–Trinajstić information content (AvgIpc) is 2.15. The molecule has 4 nitrogen and oxygen atoms in total. The summed E-state index contributed by atoms with van der Waals surface area (Å²) in [6, 6.07) is 6.24. The highest BCUT2D eigenvalue weighted by Crippen LogP contribution is 2.25. The molecule has 68 valence electrons. The van der Waals surface area contributed by atoms with Gasteiger partial charge in [-0.15, -0.1) is 0 Å². The number of ether oxygens (including phenoxy) is 1. The predicted octanol–water partition coefficient (Wildman–Crippen LogP) is 2.16. The molecule has 0 spiro atoms. The van der Waals surface area contributed by atoms with Gasteiger partial charge in [-0.3, -0.25) is 10.1 Å². The molecule has 0 N–H and O–H groups in total. The molecule has 0 radical (unpaired) electrons. The van der Waals surface area contributed by atoms with Crippen molar-refractivity contribution in [1.82, 2.24) is 0 Å². The van der Waals surface area contributed by atoms with Crippen LogP contribution in [0.5, 0.6) is 5.75 Å². The molecule has 4 heteroatoms. The van der Waals surface area contributed by atoms with Crippen molar-refractivity contribution >= 4 is 5.69 Å². The van der Waals surface area contributed by atoms with Crippen LogP contribution in [0.15, 0.2) is 36.9 Å². The van der Waals surface area contributed by atoms with Crippen molar-refractivity contribution in [2.45, 2.75) is 0 Å². The van der Waals surface area contributed by atoms with Crippen molar-refractivity contribution in [3.8, 4) is 5.75 Å². The van der Waals surface area contributed by atoms with E-state index in [-0.39, 0.29) is 18.0 Å². The first-order valence-electron chi connectivity index (χ1n) is 3.73. The van der Waals surface area contributed by atoms with Gasteiger partial charge in [-0.2, -0.15) is 0 Å². The second kappa shape index (κ2) is 4.25. The molecule has 0 aliphatic heterocycles. The highest BCUT2D eigenvalue weighted by Gasteiger charge is 2.12. The smallest absolute Gasteiger partial charge is 0.310 e. The molecule has 0 atom stereocenters. The van der Waals surface area contributed by atoms with Crippen molar-refractivity contribution in [3.05, 3.63) is 47.0 Å². The topological polar surface area (TPSA) is 52.4 Å². The lowest BCUT2D eigenvalue weighted by Crippen LogP contribution is -1.97. The van der Waals surface area contributed by atoms with Crippen molar-refractivity contribution in [3.63, 3.8) is 0 Å². The summed E-state index contributed by atoms with van der Waals surface area (Å²) in [5, 5.41) is 10.5. The van der Waals surface area contributed by atoms with Crippen LogP contribution in [-0.4, -0.2) is 11.5 Å². The van der Waals surface area contributed by atoms with E-state index in [0.717, 1.165) is 0 Å². The third-order valence-electron chi connectivity index (χ3n) is 1.42. The van der Waals surface area contributed by atoms with Crippen LogP contribution in [0, 0.1) is 10.1 Å². The summed E-state index contributed by atoms with van der Waals surface area (Å²) >= 11 is 0. The lowest BCUT2D eigenvalue weighted by Gasteiger charge is -2.02. The van der Waals surface area contributed by atoms with Gasteiger partial charge in [0, 0.05) is 6.07 Å². The zero-order chi connectivity index (χ0) is 9.68. The number of benzene rings is 1. The number of nitrogens with zero attached hydrogens (tertiary/aromatic N) is 1. The van der Waals surface area contributed by atoms with Crippen molar-refractivity contribution in [2.24, 2.45) is 0 Å². The summed E-state index contributed by atoms with van der Waals surface area (Å²) < 4.78 is 5.09. The Morgan fingerprint density at radius 2 is 2.23 bits per heavy atom. The third kappa shape index (κ3) is 2.30. The Balaban J connectivity index is 2.90. The minimum absolute atomic E-state index is 0.0237. The van der Waals surface area contributed by atoms with Crippen molar-refractivity contribution < 1.29 is 9.66 Å². The normalized spacial score (nSPS) is 9.23. The fourth-order valence-corrected chi connectivity index (χ4v) is 0.879. The Hall–Kier alpha value is -1.84. The molecule has 0 aliphatic carbocycles. The Morgan fingerprint density at radius 3 is 2.85 bits per heavy atom. The molecule has 0 unspecified atom stereocenters. The molecule has 1 aromatic carbocycles. The lowest BCUT2D eigenvalue weighted by molar-refractivity contribution is -0.385. The van der Waals surface area contributed by atoms with Crippen LogP contribution in [-0.2, 0) is 0 Å². The van der Waals surface area contributed by atoms with E-state index in [4.69, 9.17) is 4.74 Å². The summed E-state index contributed by atoms with van der Waals surface area (Å²) in [6.07, 6.45) is 1.54. The summed E-state index contributed by atoms with van der Waals surface area (Å²) in [6.45, 7) is 3.72. The van der Waals surface area contributed by atoms with Crippen LogP contribution in [0.1, 0.15) is 0 Å². The second-order valence-corrected chi connectivity index (χ2v) is 2.32. The van der Waals surface area contributed by atoms with Gasteiger partial charge in [0.1, 0.15) is 6.61 Å². The summed E-state index contributed by atoms with van der Waals surface area (Å²) in [5.41, 5.74) is -0.0237. The van der Waals surface area contributed by atoms with Gasteiger partial charge in [0.05, 0.1) is 4.92 Å². The largest absolute Gasteiger partial charge is 0.483 e. The van der Waals surface area contributed by atoms with Crippen molar-refractivity contribution in [1.29, 1.82) is 0 Å². The molecule has 13 heavy (non-hydrogen) atoms. The van der Waals surface area contributed by atoms with Gasteiger partial charge < -0.3 is 4.74 Å². The number of nitro benzene ring substituents is 1.